The molecule has 1 aliphatic carbocycles. The summed E-state index contributed by atoms with van der Waals surface area (Å²) >= 11 is 5.45. The summed E-state index contributed by atoms with van der Waals surface area (Å²) in [5, 5.41) is 4.35. The quantitative estimate of drug-likeness (QED) is 0.747. The van der Waals surface area contributed by atoms with E-state index >= 15 is 0 Å². The number of aromatic nitrogens is 3. The Morgan fingerprint density at radius 1 is 1.35 bits per heavy atom. The van der Waals surface area contributed by atoms with Crippen molar-refractivity contribution < 1.29 is 8.78 Å². The largest absolute Gasteiger partial charge is 0.304 e. The number of hydrogen-bond acceptors (Lipinski definition) is 3. The second-order valence-corrected chi connectivity index (χ2v) is 6.63. The Bertz CT molecular complexity index is 749. The molecule has 23 heavy (non-hydrogen) atoms. The summed E-state index contributed by atoms with van der Waals surface area (Å²) in [5.74, 6) is -1.06. The predicted molar refractivity (Wildman–Crippen MR) is 86.4 cm³/mol. The van der Waals surface area contributed by atoms with Gasteiger partial charge in [0.15, 0.2) is 4.77 Å². The van der Waals surface area contributed by atoms with Crippen LogP contribution in [0, 0.1) is 16.4 Å². The number of hydrogen-bond donors (Lipinski definition) is 0. The van der Waals surface area contributed by atoms with Crippen molar-refractivity contribution >= 4 is 12.2 Å². The van der Waals surface area contributed by atoms with Crippen LogP contribution < -0.4 is 0 Å². The molecule has 0 N–H and O–H groups in total. The molecule has 0 bridgehead atoms. The molecule has 1 fully saturated rings. The molecule has 1 heterocycles. The first-order valence-corrected chi connectivity index (χ1v) is 8.18. The first kappa shape index (κ1) is 16.3. The molecule has 0 atom stereocenters. The van der Waals surface area contributed by atoms with Gasteiger partial charge >= 0.3 is 0 Å². The summed E-state index contributed by atoms with van der Waals surface area (Å²) in [4.78, 5) is 2.14. The van der Waals surface area contributed by atoms with E-state index in [-0.39, 0.29) is 6.04 Å². The van der Waals surface area contributed by atoms with Crippen molar-refractivity contribution in [3.8, 4) is 0 Å². The highest BCUT2D eigenvalue weighted by molar-refractivity contribution is 7.71. The van der Waals surface area contributed by atoms with Gasteiger partial charge in [0.2, 0.25) is 0 Å². The van der Waals surface area contributed by atoms with E-state index in [1.165, 1.54) is 12.1 Å². The minimum atomic E-state index is -0.554. The average molecular weight is 338 g/mol. The van der Waals surface area contributed by atoms with Crippen LogP contribution in [0.3, 0.4) is 0 Å². The number of benzene rings is 1. The van der Waals surface area contributed by atoms with Crippen LogP contribution in [0.1, 0.15) is 38.3 Å². The monoisotopic (exact) mass is 338 g/mol. The zero-order valence-electron chi connectivity index (χ0n) is 13.2. The lowest BCUT2D eigenvalue weighted by molar-refractivity contribution is 0.184. The van der Waals surface area contributed by atoms with Gasteiger partial charge in [-0.3, -0.25) is 4.90 Å². The highest BCUT2D eigenvalue weighted by atomic mass is 32.1. The Kier molecular flexibility index (Phi) is 4.59. The SMILES string of the molecule is CC(C)n1cnn(CN(Cc2ccc(F)cc2F)C2CC2)c1=S. The molecule has 1 saturated carbocycles. The zero-order chi connectivity index (χ0) is 16.6. The summed E-state index contributed by atoms with van der Waals surface area (Å²) in [5.41, 5.74) is 0.494. The van der Waals surface area contributed by atoms with Crippen LogP contribution >= 0.6 is 12.2 Å². The predicted octanol–water partition coefficient (Wildman–Crippen LogP) is 3.90. The first-order chi connectivity index (χ1) is 11.0. The third kappa shape index (κ3) is 3.67. The normalized spacial score (nSPS) is 14.9. The molecule has 0 spiro atoms. The molecule has 1 aliphatic rings. The Morgan fingerprint density at radius 3 is 2.65 bits per heavy atom. The van der Waals surface area contributed by atoms with Crippen molar-refractivity contribution in [2.24, 2.45) is 0 Å². The van der Waals surface area contributed by atoms with Crippen LogP contribution in [0.15, 0.2) is 24.5 Å². The van der Waals surface area contributed by atoms with Crippen molar-refractivity contribution in [3.05, 3.63) is 46.5 Å². The number of halogens is 2. The molecule has 7 heteroatoms. The molecule has 0 radical (unpaired) electrons. The molecule has 4 nitrogen and oxygen atoms in total. The van der Waals surface area contributed by atoms with Gasteiger partial charge in [0.25, 0.3) is 0 Å². The smallest absolute Gasteiger partial charge is 0.199 e. The fraction of sp³-hybridized carbons (Fsp3) is 0.500. The maximum Gasteiger partial charge on any atom is 0.199 e. The fourth-order valence-corrected chi connectivity index (χ4v) is 2.94. The molecule has 1 aromatic carbocycles. The Labute approximate surface area is 139 Å². The first-order valence-electron chi connectivity index (χ1n) is 7.77. The highest BCUT2D eigenvalue weighted by Crippen LogP contribution is 2.29. The van der Waals surface area contributed by atoms with Crippen LogP contribution in [0.25, 0.3) is 0 Å². The van der Waals surface area contributed by atoms with E-state index in [2.05, 4.69) is 10.00 Å². The maximum absolute atomic E-state index is 13.9. The van der Waals surface area contributed by atoms with E-state index in [1.807, 2.05) is 18.4 Å². The lowest BCUT2D eigenvalue weighted by Gasteiger charge is -2.22. The van der Waals surface area contributed by atoms with E-state index in [1.54, 1.807) is 11.0 Å². The van der Waals surface area contributed by atoms with Crippen molar-refractivity contribution in [2.45, 2.75) is 52.0 Å². The molecular weight excluding hydrogens is 318 g/mol. The van der Waals surface area contributed by atoms with Gasteiger partial charge in [-0.15, -0.1) is 0 Å². The molecule has 124 valence electrons. The third-order valence-corrected chi connectivity index (χ3v) is 4.50. The van der Waals surface area contributed by atoms with Crippen LogP contribution in [-0.4, -0.2) is 25.3 Å². The summed E-state index contributed by atoms with van der Waals surface area (Å²) in [6, 6.07) is 4.39. The third-order valence-electron chi connectivity index (χ3n) is 4.08. The van der Waals surface area contributed by atoms with Gasteiger partial charge in [-0.05, 0) is 45.0 Å². The van der Waals surface area contributed by atoms with Gasteiger partial charge in [-0.2, -0.15) is 5.10 Å². The van der Waals surface area contributed by atoms with Crippen LogP contribution in [0.2, 0.25) is 0 Å². The zero-order valence-corrected chi connectivity index (χ0v) is 14.1. The number of nitrogens with zero attached hydrogens (tertiary/aromatic N) is 4. The van der Waals surface area contributed by atoms with Crippen LogP contribution in [0.5, 0.6) is 0 Å². The average Bonchev–Trinajstić information content (AvgIpc) is 3.26. The van der Waals surface area contributed by atoms with Crippen LogP contribution in [-0.2, 0) is 13.2 Å². The molecule has 2 aromatic rings. The van der Waals surface area contributed by atoms with E-state index in [9.17, 15) is 8.78 Å². The second-order valence-electron chi connectivity index (χ2n) is 6.27. The molecule has 0 unspecified atom stereocenters. The molecule has 0 saturated heterocycles. The summed E-state index contributed by atoms with van der Waals surface area (Å²) < 4.78 is 31.3. The van der Waals surface area contributed by atoms with Gasteiger partial charge < -0.3 is 4.57 Å². The van der Waals surface area contributed by atoms with Gasteiger partial charge in [0.1, 0.15) is 18.0 Å². The van der Waals surface area contributed by atoms with Gasteiger partial charge in [-0.25, -0.2) is 13.5 Å². The van der Waals surface area contributed by atoms with Crippen molar-refractivity contribution in [3.63, 3.8) is 0 Å². The van der Waals surface area contributed by atoms with Gasteiger partial charge in [-0.1, -0.05) is 6.07 Å². The Balaban J connectivity index is 1.79. The van der Waals surface area contributed by atoms with E-state index < -0.39 is 11.6 Å². The van der Waals surface area contributed by atoms with Gasteiger partial charge in [0.05, 0.1) is 6.67 Å². The minimum Gasteiger partial charge on any atom is -0.304 e. The van der Waals surface area contributed by atoms with E-state index in [0.717, 1.165) is 18.9 Å². The molecule has 3 rings (SSSR count). The van der Waals surface area contributed by atoms with Crippen molar-refractivity contribution in [2.75, 3.05) is 0 Å². The standard InChI is InChI=1S/C16H20F2N4S/c1-11(2)21-9-19-22(16(21)23)10-20(14-5-6-14)8-12-3-4-13(17)7-15(12)18/h3-4,7,9,11,14H,5-6,8,10H2,1-2H3. The van der Waals surface area contributed by atoms with E-state index in [0.29, 0.717) is 29.6 Å². The molecular formula is C16H20F2N4S. The topological polar surface area (TPSA) is 26.0 Å². The minimum absolute atomic E-state index is 0.250. The van der Waals surface area contributed by atoms with Crippen molar-refractivity contribution in [1.82, 2.24) is 19.2 Å². The molecule has 1 aromatic heterocycles. The van der Waals surface area contributed by atoms with Gasteiger partial charge in [0, 0.05) is 30.3 Å². The molecule has 0 amide bonds. The van der Waals surface area contributed by atoms with Crippen molar-refractivity contribution in [1.29, 1.82) is 0 Å². The highest BCUT2D eigenvalue weighted by Gasteiger charge is 2.30. The Hall–Kier alpha value is -1.60. The lowest BCUT2D eigenvalue weighted by atomic mass is 10.2. The fourth-order valence-electron chi connectivity index (χ4n) is 2.58. The van der Waals surface area contributed by atoms with E-state index in [4.69, 9.17) is 12.2 Å². The molecule has 0 aliphatic heterocycles. The summed E-state index contributed by atoms with van der Waals surface area (Å²) in [6.07, 6.45) is 3.90. The number of rotatable bonds is 6. The second kappa shape index (κ2) is 6.49. The maximum atomic E-state index is 13.9. The van der Waals surface area contributed by atoms with Crippen LogP contribution in [0.4, 0.5) is 8.78 Å². The lowest BCUT2D eigenvalue weighted by Crippen LogP contribution is -2.29. The summed E-state index contributed by atoms with van der Waals surface area (Å²) in [7, 11) is 0. The Morgan fingerprint density at radius 2 is 2.09 bits per heavy atom. The summed E-state index contributed by atoms with van der Waals surface area (Å²) in [6.45, 7) is 5.04.